The second kappa shape index (κ2) is 5.44. The van der Waals surface area contributed by atoms with Crippen LogP contribution in [0.25, 0.3) is 0 Å². The molecule has 0 saturated heterocycles. The minimum absolute atomic E-state index is 0.0730. The molecule has 0 fully saturated rings. The quantitative estimate of drug-likeness (QED) is 0.836. The maximum atomic E-state index is 11.5. The Kier molecular flexibility index (Phi) is 4.22. The van der Waals surface area contributed by atoms with Crippen molar-refractivity contribution in [3.05, 3.63) is 16.3 Å². The van der Waals surface area contributed by atoms with Gasteiger partial charge in [-0.3, -0.25) is 9.59 Å². The summed E-state index contributed by atoms with van der Waals surface area (Å²) in [6, 6.07) is 1.51. The van der Waals surface area contributed by atoms with E-state index in [0.717, 1.165) is 11.3 Å². The van der Waals surface area contributed by atoms with Gasteiger partial charge in [-0.2, -0.15) is 0 Å². The van der Waals surface area contributed by atoms with Gasteiger partial charge in [0.1, 0.15) is 4.88 Å². The lowest BCUT2D eigenvalue weighted by Crippen LogP contribution is -2.33. The molecule has 1 rings (SSSR count). The summed E-state index contributed by atoms with van der Waals surface area (Å²) in [6.45, 7) is 1.24. The van der Waals surface area contributed by atoms with Gasteiger partial charge in [-0.05, 0) is 11.4 Å². The van der Waals surface area contributed by atoms with Gasteiger partial charge in [0.25, 0.3) is 0 Å². The van der Waals surface area contributed by atoms with Crippen molar-refractivity contribution in [1.29, 1.82) is 0 Å². The van der Waals surface area contributed by atoms with Crippen LogP contribution < -0.4 is 5.32 Å². The van der Waals surface area contributed by atoms with Gasteiger partial charge in [0.2, 0.25) is 11.8 Å². The van der Waals surface area contributed by atoms with Gasteiger partial charge in [-0.1, -0.05) is 0 Å². The molecule has 17 heavy (non-hydrogen) atoms. The molecule has 0 saturated carbocycles. The number of carbonyl (C=O) groups is 3. The molecule has 0 unspecified atom stereocenters. The first-order valence-corrected chi connectivity index (χ1v) is 5.62. The molecule has 1 aromatic rings. The number of anilines is 1. The fourth-order valence-electron chi connectivity index (χ4n) is 1.09. The van der Waals surface area contributed by atoms with E-state index in [9.17, 15) is 14.4 Å². The zero-order valence-electron chi connectivity index (χ0n) is 9.39. The molecule has 0 spiro atoms. The molecule has 6 nitrogen and oxygen atoms in total. The van der Waals surface area contributed by atoms with E-state index in [2.05, 4.69) is 5.32 Å². The zero-order chi connectivity index (χ0) is 13.0. The average Bonchev–Trinajstić information content (AvgIpc) is 2.65. The van der Waals surface area contributed by atoms with Crippen molar-refractivity contribution < 1.29 is 19.5 Å². The van der Waals surface area contributed by atoms with Crippen molar-refractivity contribution in [2.24, 2.45) is 0 Å². The predicted molar refractivity (Wildman–Crippen MR) is 63.2 cm³/mol. The fraction of sp³-hybridized carbons (Fsp3) is 0.300. The van der Waals surface area contributed by atoms with Gasteiger partial charge >= 0.3 is 5.97 Å². The van der Waals surface area contributed by atoms with E-state index >= 15 is 0 Å². The number of carboxylic acids is 1. The van der Waals surface area contributed by atoms with E-state index in [4.69, 9.17) is 5.11 Å². The van der Waals surface area contributed by atoms with Crippen molar-refractivity contribution in [2.45, 2.75) is 6.92 Å². The molecular formula is C10H12N2O4S. The molecule has 0 aromatic carbocycles. The summed E-state index contributed by atoms with van der Waals surface area (Å²) in [5.74, 6) is -1.75. The van der Waals surface area contributed by atoms with Crippen LogP contribution in [-0.4, -0.2) is 41.4 Å². The third-order valence-electron chi connectivity index (χ3n) is 2.05. The Labute approximate surface area is 102 Å². The molecular weight excluding hydrogens is 244 g/mol. The smallest absolute Gasteiger partial charge is 0.348 e. The van der Waals surface area contributed by atoms with Crippen molar-refractivity contribution >= 4 is 34.8 Å². The molecule has 2 N–H and O–H groups in total. The zero-order valence-corrected chi connectivity index (χ0v) is 10.2. The Morgan fingerprint density at radius 2 is 2.12 bits per heavy atom. The minimum Gasteiger partial charge on any atom is -0.477 e. The minimum atomic E-state index is -1.09. The number of carboxylic acid groups (broad SMARTS) is 1. The summed E-state index contributed by atoms with van der Waals surface area (Å²) in [5, 5.41) is 12.9. The third-order valence-corrected chi connectivity index (χ3v) is 2.95. The van der Waals surface area contributed by atoms with Crippen molar-refractivity contribution in [2.75, 3.05) is 18.9 Å². The second-order valence-corrected chi connectivity index (χ2v) is 4.31. The highest BCUT2D eigenvalue weighted by molar-refractivity contribution is 7.12. The standard InChI is InChI=1S/C10H12N2O4S/c1-6(13)12(2)5-8(14)11-7-3-4-17-9(7)10(15)16/h3-4H,5H2,1-2H3,(H,11,14)(H,15,16). The lowest BCUT2D eigenvalue weighted by atomic mass is 10.3. The van der Waals surface area contributed by atoms with E-state index in [1.165, 1.54) is 24.9 Å². The Morgan fingerprint density at radius 3 is 2.65 bits per heavy atom. The number of likely N-dealkylation sites (N-methyl/N-ethyl adjacent to an activating group) is 1. The van der Waals surface area contributed by atoms with E-state index in [0.29, 0.717) is 0 Å². The molecule has 2 amide bonds. The number of aromatic carboxylic acids is 1. The van der Waals surface area contributed by atoms with E-state index < -0.39 is 11.9 Å². The number of carbonyl (C=O) groups excluding carboxylic acids is 2. The van der Waals surface area contributed by atoms with Crippen molar-refractivity contribution in [3.63, 3.8) is 0 Å². The number of amides is 2. The molecule has 7 heteroatoms. The highest BCUT2D eigenvalue weighted by atomic mass is 32.1. The summed E-state index contributed by atoms with van der Waals surface area (Å²) < 4.78 is 0. The first kappa shape index (κ1) is 13.2. The Hall–Kier alpha value is -1.89. The largest absolute Gasteiger partial charge is 0.477 e. The SMILES string of the molecule is CC(=O)N(C)CC(=O)Nc1ccsc1C(=O)O. The topological polar surface area (TPSA) is 86.7 Å². The number of nitrogens with one attached hydrogen (secondary N) is 1. The molecule has 0 aliphatic rings. The van der Waals surface area contributed by atoms with Gasteiger partial charge in [0.15, 0.2) is 0 Å². The molecule has 0 radical (unpaired) electrons. The average molecular weight is 256 g/mol. The summed E-state index contributed by atoms with van der Waals surface area (Å²) in [4.78, 5) is 34.5. The molecule has 1 heterocycles. The van der Waals surface area contributed by atoms with Crippen LogP contribution >= 0.6 is 11.3 Å². The lowest BCUT2D eigenvalue weighted by molar-refractivity contribution is -0.131. The predicted octanol–water partition coefficient (Wildman–Crippen LogP) is 0.863. The first-order chi connectivity index (χ1) is 7.91. The monoisotopic (exact) mass is 256 g/mol. The fourth-order valence-corrected chi connectivity index (χ4v) is 1.78. The van der Waals surface area contributed by atoms with Crippen LogP contribution in [0.5, 0.6) is 0 Å². The van der Waals surface area contributed by atoms with Crippen LogP contribution in [-0.2, 0) is 9.59 Å². The molecule has 92 valence electrons. The number of hydrogen-bond donors (Lipinski definition) is 2. The first-order valence-electron chi connectivity index (χ1n) is 4.74. The highest BCUT2D eigenvalue weighted by Crippen LogP contribution is 2.21. The Bertz CT molecular complexity index is 455. The van der Waals surface area contributed by atoms with Crippen LogP contribution in [0.15, 0.2) is 11.4 Å². The molecule has 0 bridgehead atoms. The molecule has 0 aliphatic heterocycles. The van der Waals surface area contributed by atoms with Crippen LogP contribution in [0.4, 0.5) is 5.69 Å². The third kappa shape index (κ3) is 3.56. The summed E-state index contributed by atoms with van der Waals surface area (Å²) in [6.07, 6.45) is 0. The van der Waals surface area contributed by atoms with Gasteiger partial charge in [-0.15, -0.1) is 11.3 Å². The summed E-state index contributed by atoms with van der Waals surface area (Å²) in [5.41, 5.74) is 0.254. The van der Waals surface area contributed by atoms with Gasteiger partial charge < -0.3 is 15.3 Å². The second-order valence-electron chi connectivity index (χ2n) is 3.39. The van der Waals surface area contributed by atoms with E-state index in [1.54, 1.807) is 5.38 Å². The summed E-state index contributed by atoms with van der Waals surface area (Å²) in [7, 11) is 1.49. The normalized spacial score (nSPS) is 9.76. The maximum absolute atomic E-state index is 11.5. The molecule has 1 aromatic heterocycles. The maximum Gasteiger partial charge on any atom is 0.348 e. The molecule has 0 aliphatic carbocycles. The number of nitrogens with zero attached hydrogens (tertiary/aromatic N) is 1. The van der Waals surface area contributed by atoms with Crippen LogP contribution in [0.1, 0.15) is 16.6 Å². The van der Waals surface area contributed by atoms with Crippen LogP contribution in [0.2, 0.25) is 0 Å². The van der Waals surface area contributed by atoms with Crippen LogP contribution in [0.3, 0.4) is 0 Å². The number of hydrogen-bond acceptors (Lipinski definition) is 4. The lowest BCUT2D eigenvalue weighted by Gasteiger charge is -2.13. The number of rotatable bonds is 4. The number of thiophene rings is 1. The van der Waals surface area contributed by atoms with Gasteiger partial charge in [-0.25, -0.2) is 4.79 Å². The van der Waals surface area contributed by atoms with Gasteiger partial charge in [0.05, 0.1) is 12.2 Å². The van der Waals surface area contributed by atoms with Crippen molar-refractivity contribution in [1.82, 2.24) is 4.90 Å². The van der Waals surface area contributed by atoms with Crippen molar-refractivity contribution in [3.8, 4) is 0 Å². The molecule has 0 atom stereocenters. The van der Waals surface area contributed by atoms with E-state index in [-0.39, 0.29) is 23.0 Å². The van der Waals surface area contributed by atoms with Gasteiger partial charge in [0, 0.05) is 14.0 Å². The van der Waals surface area contributed by atoms with E-state index in [1.807, 2.05) is 0 Å². The van der Waals surface area contributed by atoms with Crippen LogP contribution in [0, 0.1) is 0 Å². The summed E-state index contributed by atoms with van der Waals surface area (Å²) >= 11 is 1.03. The Balaban J connectivity index is 2.65. The Morgan fingerprint density at radius 1 is 1.47 bits per heavy atom. The highest BCUT2D eigenvalue weighted by Gasteiger charge is 2.15.